The first-order chi connectivity index (χ1) is 17.3. The summed E-state index contributed by atoms with van der Waals surface area (Å²) in [6.45, 7) is 1.55. The number of nitro groups is 1. The standard InChI is InChI=1S/C24H19N3O9/c1-4-35-24(30)16-11-17(25-26(23(16)29)13-5-7-14(8-6-13)27(31)32)21(28)20-19(33-2)12-18-15(9-10-36-18)22(20)34-3/h5-12H,4H2,1-3H3. The van der Waals surface area contributed by atoms with Crippen LogP contribution < -0.4 is 15.0 Å². The van der Waals surface area contributed by atoms with Crippen LogP contribution in [0.4, 0.5) is 5.69 Å². The molecule has 2 aromatic heterocycles. The molecule has 0 spiro atoms. The third-order valence-electron chi connectivity index (χ3n) is 5.27. The number of benzene rings is 2. The van der Waals surface area contributed by atoms with E-state index in [4.69, 9.17) is 18.6 Å². The SMILES string of the molecule is CCOC(=O)c1cc(C(=O)c2c(OC)cc3occc3c2OC)nn(-c2ccc([N+](=O)[O-])cc2)c1=O. The second kappa shape index (κ2) is 9.70. The van der Waals surface area contributed by atoms with Crippen molar-refractivity contribution >= 4 is 28.4 Å². The van der Waals surface area contributed by atoms with Gasteiger partial charge in [-0.3, -0.25) is 19.7 Å². The molecular formula is C24H19N3O9. The van der Waals surface area contributed by atoms with Gasteiger partial charge in [0.2, 0.25) is 5.78 Å². The van der Waals surface area contributed by atoms with Crippen LogP contribution in [-0.4, -0.2) is 47.3 Å². The highest BCUT2D eigenvalue weighted by Gasteiger charge is 2.28. The van der Waals surface area contributed by atoms with E-state index in [1.807, 2.05) is 0 Å². The van der Waals surface area contributed by atoms with Gasteiger partial charge in [-0.25, -0.2) is 4.79 Å². The number of methoxy groups -OCH3 is 2. The molecule has 0 bridgehead atoms. The molecule has 12 nitrogen and oxygen atoms in total. The summed E-state index contributed by atoms with van der Waals surface area (Å²) in [5.41, 5.74) is -1.33. The maximum absolute atomic E-state index is 13.7. The monoisotopic (exact) mass is 493 g/mol. The first kappa shape index (κ1) is 24.1. The lowest BCUT2D eigenvalue weighted by Crippen LogP contribution is -2.30. The summed E-state index contributed by atoms with van der Waals surface area (Å²) in [5.74, 6) is -1.41. The Morgan fingerprint density at radius 3 is 2.44 bits per heavy atom. The van der Waals surface area contributed by atoms with Crippen molar-refractivity contribution in [2.24, 2.45) is 0 Å². The topological polar surface area (TPSA) is 153 Å². The van der Waals surface area contributed by atoms with Crippen LogP contribution >= 0.6 is 0 Å². The number of rotatable bonds is 8. The van der Waals surface area contributed by atoms with E-state index in [0.29, 0.717) is 11.0 Å². The van der Waals surface area contributed by atoms with Gasteiger partial charge >= 0.3 is 5.97 Å². The van der Waals surface area contributed by atoms with Crippen molar-refractivity contribution in [2.75, 3.05) is 20.8 Å². The predicted molar refractivity (Wildman–Crippen MR) is 125 cm³/mol. The summed E-state index contributed by atoms with van der Waals surface area (Å²) >= 11 is 0. The second-order valence-electron chi connectivity index (χ2n) is 7.30. The fourth-order valence-corrected chi connectivity index (χ4v) is 3.63. The number of nitro benzene ring substituents is 1. The largest absolute Gasteiger partial charge is 0.496 e. The van der Waals surface area contributed by atoms with Crippen molar-refractivity contribution < 1.29 is 33.1 Å². The number of fused-ring (bicyclic) bond motifs is 1. The highest BCUT2D eigenvalue weighted by molar-refractivity contribution is 6.15. The lowest BCUT2D eigenvalue weighted by molar-refractivity contribution is -0.384. The summed E-state index contributed by atoms with van der Waals surface area (Å²) in [6, 6.07) is 9.02. The van der Waals surface area contributed by atoms with Crippen molar-refractivity contribution in [3.8, 4) is 17.2 Å². The Kier molecular flexibility index (Phi) is 6.50. The number of nitrogens with zero attached hydrogens (tertiary/aromatic N) is 3. The molecule has 0 unspecified atom stereocenters. The number of hydrogen-bond donors (Lipinski definition) is 0. The molecule has 36 heavy (non-hydrogen) atoms. The van der Waals surface area contributed by atoms with Gasteiger partial charge in [0, 0.05) is 18.2 Å². The van der Waals surface area contributed by atoms with E-state index >= 15 is 0 Å². The number of carbonyl (C=O) groups is 2. The lowest BCUT2D eigenvalue weighted by Gasteiger charge is -2.14. The predicted octanol–water partition coefficient (Wildman–Crippen LogP) is 3.31. The zero-order valence-electron chi connectivity index (χ0n) is 19.3. The number of aromatic nitrogens is 2. The molecule has 0 fully saturated rings. The van der Waals surface area contributed by atoms with Crippen molar-refractivity contribution in [1.29, 1.82) is 0 Å². The molecule has 0 N–H and O–H groups in total. The Hall–Kier alpha value is -5.00. The van der Waals surface area contributed by atoms with Crippen LogP contribution in [0.25, 0.3) is 16.7 Å². The molecule has 0 aliphatic heterocycles. The summed E-state index contributed by atoms with van der Waals surface area (Å²) in [5, 5.41) is 15.7. The fraction of sp³-hybridized carbons (Fsp3) is 0.167. The van der Waals surface area contributed by atoms with Gasteiger partial charge in [-0.1, -0.05) is 0 Å². The molecular weight excluding hydrogens is 474 g/mol. The molecule has 0 radical (unpaired) electrons. The first-order valence-electron chi connectivity index (χ1n) is 10.5. The minimum absolute atomic E-state index is 0.00916. The van der Waals surface area contributed by atoms with Crippen LogP contribution in [0.1, 0.15) is 33.3 Å². The van der Waals surface area contributed by atoms with E-state index in [2.05, 4.69) is 5.10 Å². The van der Waals surface area contributed by atoms with Crippen LogP contribution in [0, 0.1) is 10.1 Å². The van der Waals surface area contributed by atoms with Gasteiger partial charge in [0.15, 0.2) is 0 Å². The van der Waals surface area contributed by atoms with E-state index in [-0.39, 0.29) is 40.7 Å². The first-order valence-corrected chi connectivity index (χ1v) is 10.5. The maximum Gasteiger partial charge on any atom is 0.343 e. The molecule has 184 valence electrons. The summed E-state index contributed by atoms with van der Waals surface area (Å²) in [7, 11) is 2.73. The van der Waals surface area contributed by atoms with Crippen molar-refractivity contribution in [3.05, 3.63) is 86.0 Å². The maximum atomic E-state index is 13.7. The van der Waals surface area contributed by atoms with Crippen LogP contribution in [-0.2, 0) is 4.74 Å². The zero-order valence-corrected chi connectivity index (χ0v) is 19.3. The Morgan fingerprint density at radius 1 is 1.11 bits per heavy atom. The minimum atomic E-state index is -0.959. The summed E-state index contributed by atoms with van der Waals surface area (Å²) in [4.78, 5) is 49.8. The molecule has 0 saturated carbocycles. The number of non-ortho nitro benzene ring substituents is 1. The van der Waals surface area contributed by atoms with Crippen molar-refractivity contribution in [1.82, 2.24) is 9.78 Å². The van der Waals surface area contributed by atoms with E-state index in [1.54, 1.807) is 13.0 Å². The molecule has 0 saturated heterocycles. The summed E-state index contributed by atoms with van der Waals surface area (Å²) < 4.78 is 22.1. The van der Waals surface area contributed by atoms with Crippen LogP contribution in [0.5, 0.6) is 11.5 Å². The van der Waals surface area contributed by atoms with Gasteiger partial charge in [0.1, 0.15) is 33.9 Å². The van der Waals surface area contributed by atoms with E-state index < -0.39 is 27.8 Å². The van der Waals surface area contributed by atoms with Gasteiger partial charge in [-0.2, -0.15) is 9.78 Å². The number of esters is 1. The van der Waals surface area contributed by atoms with Crippen LogP contribution in [0.3, 0.4) is 0 Å². The number of furan rings is 1. The van der Waals surface area contributed by atoms with Crippen LogP contribution in [0.2, 0.25) is 0 Å². The number of ketones is 1. The minimum Gasteiger partial charge on any atom is -0.496 e. The average molecular weight is 493 g/mol. The Labute approximate surface area is 202 Å². The number of hydrogen-bond acceptors (Lipinski definition) is 10. The van der Waals surface area contributed by atoms with E-state index in [0.717, 1.165) is 10.7 Å². The van der Waals surface area contributed by atoms with Gasteiger partial charge in [0.05, 0.1) is 43.1 Å². The highest BCUT2D eigenvalue weighted by atomic mass is 16.6. The number of carbonyl (C=O) groups excluding carboxylic acids is 2. The quantitative estimate of drug-likeness (QED) is 0.155. The van der Waals surface area contributed by atoms with Crippen molar-refractivity contribution in [3.63, 3.8) is 0 Å². The van der Waals surface area contributed by atoms with Gasteiger partial charge in [-0.15, -0.1) is 0 Å². The van der Waals surface area contributed by atoms with Crippen molar-refractivity contribution in [2.45, 2.75) is 6.92 Å². The highest BCUT2D eigenvalue weighted by Crippen LogP contribution is 2.38. The Bertz CT molecular complexity index is 1550. The molecule has 2 heterocycles. The normalized spacial score (nSPS) is 10.8. The summed E-state index contributed by atoms with van der Waals surface area (Å²) in [6.07, 6.45) is 1.42. The molecule has 0 aliphatic rings. The molecule has 0 amide bonds. The fourth-order valence-electron chi connectivity index (χ4n) is 3.63. The zero-order chi connectivity index (χ0) is 26.0. The molecule has 0 aliphatic carbocycles. The third kappa shape index (κ3) is 4.15. The van der Waals surface area contributed by atoms with E-state index in [1.165, 1.54) is 50.8 Å². The van der Waals surface area contributed by atoms with Gasteiger partial charge in [-0.05, 0) is 31.2 Å². The average Bonchev–Trinajstić information content (AvgIpc) is 3.35. The Balaban J connectivity index is 1.96. The molecule has 4 aromatic rings. The smallest absolute Gasteiger partial charge is 0.343 e. The Morgan fingerprint density at radius 2 is 1.83 bits per heavy atom. The third-order valence-corrected chi connectivity index (χ3v) is 5.27. The van der Waals surface area contributed by atoms with Gasteiger partial charge < -0.3 is 18.6 Å². The molecule has 0 atom stereocenters. The van der Waals surface area contributed by atoms with Gasteiger partial charge in [0.25, 0.3) is 11.2 Å². The van der Waals surface area contributed by atoms with E-state index in [9.17, 15) is 24.5 Å². The number of ether oxygens (including phenoxy) is 3. The molecule has 2 aromatic carbocycles. The molecule has 4 rings (SSSR count). The van der Waals surface area contributed by atoms with Crippen LogP contribution in [0.15, 0.2) is 57.9 Å². The lowest BCUT2D eigenvalue weighted by atomic mass is 10.0. The molecule has 12 heteroatoms. The second-order valence-corrected chi connectivity index (χ2v) is 7.30.